The maximum absolute atomic E-state index is 13.6. The lowest BCUT2D eigenvalue weighted by Gasteiger charge is -2.18. The van der Waals surface area contributed by atoms with Gasteiger partial charge in [-0.15, -0.1) is 0 Å². The molecule has 3 amide bonds. The molecule has 2 aromatic carbocycles. The summed E-state index contributed by atoms with van der Waals surface area (Å²) in [7, 11) is 0. The Balaban J connectivity index is 1.54. The molecule has 192 valence electrons. The first kappa shape index (κ1) is 26.6. The number of carbonyl (C=O) groups is 4. The molecule has 8 nitrogen and oxygen atoms in total. The molecule has 0 unspecified atom stereocenters. The summed E-state index contributed by atoms with van der Waals surface area (Å²) in [5, 5.41) is 11.7. The molecule has 2 aliphatic heterocycles. The van der Waals surface area contributed by atoms with Crippen molar-refractivity contribution in [1.29, 1.82) is 0 Å². The van der Waals surface area contributed by atoms with E-state index in [9.17, 15) is 19.2 Å². The molecule has 4 rings (SSSR count). The first-order chi connectivity index (χ1) is 17.7. The molecule has 10 heteroatoms. The number of fused-ring (bicyclic) bond motifs is 1. The van der Waals surface area contributed by atoms with Crippen LogP contribution in [0.4, 0.5) is 11.4 Å². The molecule has 0 aromatic heterocycles. The summed E-state index contributed by atoms with van der Waals surface area (Å²) in [4.78, 5) is 53.7. The zero-order valence-electron chi connectivity index (χ0n) is 20.6. The molecular weight excluding hydrogens is 510 g/mol. The van der Waals surface area contributed by atoms with Crippen LogP contribution in [0.2, 0.25) is 0 Å². The summed E-state index contributed by atoms with van der Waals surface area (Å²) in [6.45, 7) is 3.98. The number of carbonyl (C=O) groups excluding carboxylic acids is 3. The number of carboxylic acids is 1. The van der Waals surface area contributed by atoms with Gasteiger partial charge in [-0.25, -0.2) is 0 Å². The highest BCUT2D eigenvalue weighted by molar-refractivity contribution is 8.26. The van der Waals surface area contributed by atoms with E-state index in [0.717, 1.165) is 28.6 Å². The van der Waals surface area contributed by atoms with Gasteiger partial charge in [0.15, 0.2) is 0 Å². The van der Waals surface area contributed by atoms with E-state index in [2.05, 4.69) is 5.32 Å². The van der Waals surface area contributed by atoms with Gasteiger partial charge >= 0.3 is 5.97 Å². The van der Waals surface area contributed by atoms with Crippen LogP contribution in [0.15, 0.2) is 47.4 Å². The number of nitrogens with one attached hydrogen (secondary N) is 1. The van der Waals surface area contributed by atoms with Crippen LogP contribution in [0.1, 0.15) is 42.4 Å². The lowest BCUT2D eigenvalue weighted by molar-refractivity contribution is -0.137. The number of aryl methyl sites for hydroxylation is 2. The van der Waals surface area contributed by atoms with Crippen molar-refractivity contribution in [2.75, 3.05) is 23.3 Å². The number of unbranched alkanes of at least 4 members (excludes halogenated alkanes) is 2. The highest BCUT2D eigenvalue weighted by Crippen LogP contribution is 2.44. The molecule has 0 radical (unpaired) electrons. The maximum atomic E-state index is 13.6. The lowest BCUT2D eigenvalue weighted by Crippen LogP contribution is -2.36. The molecule has 1 fully saturated rings. The van der Waals surface area contributed by atoms with Crippen molar-refractivity contribution in [2.24, 2.45) is 0 Å². The number of aliphatic carboxylic acids is 1. The summed E-state index contributed by atoms with van der Waals surface area (Å²) in [5.41, 5.74) is 3.98. The van der Waals surface area contributed by atoms with E-state index < -0.39 is 11.9 Å². The summed E-state index contributed by atoms with van der Waals surface area (Å²) < 4.78 is 0.363. The average molecular weight is 538 g/mol. The second-order valence-corrected chi connectivity index (χ2v) is 10.6. The van der Waals surface area contributed by atoms with Crippen LogP contribution >= 0.6 is 24.0 Å². The number of thioether (sulfide) groups is 1. The highest BCUT2D eigenvalue weighted by atomic mass is 32.2. The number of nitrogens with zero attached hydrogens (tertiary/aromatic N) is 2. The van der Waals surface area contributed by atoms with E-state index in [-0.39, 0.29) is 35.3 Å². The quantitative estimate of drug-likeness (QED) is 0.275. The number of amides is 3. The largest absolute Gasteiger partial charge is 0.481 e. The van der Waals surface area contributed by atoms with Gasteiger partial charge in [0.25, 0.3) is 11.8 Å². The maximum Gasteiger partial charge on any atom is 0.303 e. The van der Waals surface area contributed by atoms with Crippen LogP contribution in [0, 0.1) is 13.8 Å². The SMILES string of the molecule is Cc1cccc(C)c1NC(=O)CN1C(=O)/C(=C2\SC(=S)N(CCCCCC(=O)O)C2=O)c2ccccc21. The molecule has 2 aromatic rings. The Kier molecular flexibility index (Phi) is 8.09. The van der Waals surface area contributed by atoms with Crippen LogP contribution in [-0.4, -0.2) is 51.1 Å². The zero-order valence-corrected chi connectivity index (χ0v) is 22.2. The van der Waals surface area contributed by atoms with Crippen molar-refractivity contribution in [1.82, 2.24) is 4.90 Å². The van der Waals surface area contributed by atoms with Crippen LogP contribution < -0.4 is 10.2 Å². The molecule has 1 saturated heterocycles. The Morgan fingerprint density at radius 3 is 2.35 bits per heavy atom. The predicted molar refractivity (Wildman–Crippen MR) is 148 cm³/mol. The fraction of sp³-hybridized carbons (Fsp3) is 0.296. The second kappa shape index (κ2) is 11.3. The van der Waals surface area contributed by atoms with Crippen molar-refractivity contribution < 1.29 is 24.3 Å². The Bertz CT molecular complexity index is 1320. The minimum absolute atomic E-state index is 0.0839. The molecule has 2 aliphatic rings. The third kappa shape index (κ3) is 5.60. The third-order valence-electron chi connectivity index (χ3n) is 6.32. The summed E-state index contributed by atoms with van der Waals surface area (Å²) in [6.07, 6.45) is 1.87. The number of hydrogen-bond acceptors (Lipinski definition) is 6. The van der Waals surface area contributed by atoms with Gasteiger partial charge < -0.3 is 10.4 Å². The first-order valence-electron chi connectivity index (χ1n) is 12.0. The molecule has 0 aliphatic carbocycles. The van der Waals surface area contributed by atoms with Gasteiger partial charge in [-0.05, 0) is 43.9 Å². The number of rotatable bonds is 9. The van der Waals surface area contributed by atoms with Crippen molar-refractivity contribution in [2.45, 2.75) is 39.5 Å². The van der Waals surface area contributed by atoms with E-state index in [1.165, 1.54) is 9.80 Å². The summed E-state index contributed by atoms with van der Waals surface area (Å²) >= 11 is 6.52. The minimum Gasteiger partial charge on any atom is -0.481 e. The van der Waals surface area contributed by atoms with E-state index >= 15 is 0 Å². The number of hydrogen-bond donors (Lipinski definition) is 2. The summed E-state index contributed by atoms with van der Waals surface area (Å²) in [5.74, 6) is -1.94. The summed E-state index contributed by atoms with van der Waals surface area (Å²) in [6, 6.07) is 12.8. The standard InChI is InChI=1S/C27H27N3O5S2/c1-16-9-8-10-17(2)23(16)28-20(31)15-30-19-12-6-5-11-18(19)22(25(30)34)24-26(35)29(27(36)37-24)14-7-3-4-13-21(32)33/h5-6,8-12H,3-4,7,13-15H2,1-2H3,(H,28,31)(H,32,33)/b24-22-. The smallest absolute Gasteiger partial charge is 0.303 e. The topological polar surface area (TPSA) is 107 Å². The number of anilines is 2. The van der Waals surface area contributed by atoms with Crippen molar-refractivity contribution in [3.05, 3.63) is 64.1 Å². The molecule has 0 atom stereocenters. The molecular formula is C27H27N3O5S2. The molecule has 37 heavy (non-hydrogen) atoms. The number of para-hydroxylation sites is 2. The molecule has 0 saturated carbocycles. The van der Waals surface area contributed by atoms with Gasteiger partial charge in [0.1, 0.15) is 10.9 Å². The number of carboxylic acid groups (broad SMARTS) is 1. The van der Waals surface area contributed by atoms with E-state index in [1.807, 2.05) is 32.0 Å². The van der Waals surface area contributed by atoms with Gasteiger partial charge in [-0.2, -0.15) is 0 Å². The number of benzene rings is 2. The Hall–Kier alpha value is -3.50. The van der Waals surface area contributed by atoms with Crippen LogP contribution in [0.25, 0.3) is 5.57 Å². The fourth-order valence-electron chi connectivity index (χ4n) is 4.46. The van der Waals surface area contributed by atoms with E-state index in [0.29, 0.717) is 41.4 Å². The minimum atomic E-state index is -0.846. The third-order valence-corrected chi connectivity index (χ3v) is 7.77. The van der Waals surface area contributed by atoms with Gasteiger partial charge in [-0.1, -0.05) is 66.8 Å². The Morgan fingerprint density at radius 1 is 0.946 bits per heavy atom. The molecule has 2 N–H and O–H groups in total. The highest BCUT2D eigenvalue weighted by Gasteiger charge is 2.42. The first-order valence-corrected chi connectivity index (χ1v) is 13.2. The average Bonchev–Trinajstić information content (AvgIpc) is 3.28. The normalized spacial score (nSPS) is 17.0. The Labute approximate surface area is 224 Å². The van der Waals surface area contributed by atoms with E-state index in [4.69, 9.17) is 17.3 Å². The van der Waals surface area contributed by atoms with Crippen molar-refractivity contribution >= 4 is 68.9 Å². The van der Waals surface area contributed by atoms with E-state index in [1.54, 1.807) is 24.3 Å². The zero-order chi connectivity index (χ0) is 26.7. The molecule has 0 bridgehead atoms. The predicted octanol–water partition coefficient (Wildman–Crippen LogP) is 4.51. The van der Waals surface area contributed by atoms with Crippen molar-refractivity contribution in [3.63, 3.8) is 0 Å². The van der Waals surface area contributed by atoms with Gasteiger partial charge in [0.05, 0.1) is 16.2 Å². The van der Waals surface area contributed by atoms with Gasteiger partial charge in [-0.3, -0.25) is 29.0 Å². The van der Waals surface area contributed by atoms with Gasteiger partial charge in [0.2, 0.25) is 5.91 Å². The Morgan fingerprint density at radius 2 is 1.65 bits per heavy atom. The van der Waals surface area contributed by atoms with Crippen LogP contribution in [-0.2, 0) is 19.2 Å². The second-order valence-electron chi connectivity index (χ2n) is 8.96. The lowest BCUT2D eigenvalue weighted by atomic mass is 10.1. The van der Waals surface area contributed by atoms with Gasteiger partial charge in [0, 0.05) is 24.2 Å². The van der Waals surface area contributed by atoms with Crippen LogP contribution in [0.3, 0.4) is 0 Å². The fourth-order valence-corrected chi connectivity index (χ4v) is 5.84. The monoisotopic (exact) mass is 537 g/mol. The van der Waals surface area contributed by atoms with Crippen molar-refractivity contribution in [3.8, 4) is 0 Å². The van der Waals surface area contributed by atoms with Crippen LogP contribution in [0.5, 0.6) is 0 Å². The number of thiocarbonyl (C=S) groups is 1. The molecule has 2 heterocycles. The molecule has 0 spiro atoms.